The van der Waals surface area contributed by atoms with Crippen molar-refractivity contribution in [3.63, 3.8) is 0 Å². The molecule has 6 rings (SSSR count). The summed E-state index contributed by atoms with van der Waals surface area (Å²) in [7, 11) is 0. The van der Waals surface area contributed by atoms with Crippen LogP contribution in [0.5, 0.6) is 0 Å². The summed E-state index contributed by atoms with van der Waals surface area (Å²) in [6, 6.07) is 3.76. The molecule has 3 aliphatic heterocycles. The summed E-state index contributed by atoms with van der Waals surface area (Å²) in [6.45, 7) is 11.8. The van der Waals surface area contributed by atoms with E-state index in [1.807, 2.05) is 26.8 Å². The quantitative estimate of drug-likeness (QED) is 0.198. The first-order valence-electron chi connectivity index (χ1n) is 15.8. The number of aliphatic hydroxyl groups is 2. The summed E-state index contributed by atoms with van der Waals surface area (Å²) >= 11 is 0. The van der Waals surface area contributed by atoms with Gasteiger partial charge in [0.2, 0.25) is 0 Å². The van der Waals surface area contributed by atoms with Crippen LogP contribution in [0, 0.1) is 6.92 Å². The number of rotatable bonds is 8. The molecule has 0 aromatic carbocycles. The smallest absolute Gasteiger partial charge is 0.303 e. The van der Waals surface area contributed by atoms with E-state index in [0.717, 1.165) is 74.2 Å². The van der Waals surface area contributed by atoms with Gasteiger partial charge in [-0.3, -0.25) is 9.59 Å². The number of carbonyl (C=O) groups excluding carboxylic acids is 1. The Balaban J connectivity index is 1.81. The first kappa shape index (κ1) is 30.5. The second-order valence-electron chi connectivity index (χ2n) is 12.5. The van der Waals surface area contributed by atoms with Gasteiger partial charge in [0.15, 0.2) is 6.29 Å². The van der Waals surface area contributed by atoms with Gasteiger partial charge in [-0.15, -0.1) is 0 Å². The van der Waals surface area contributed by atoms with Crippen LogP contribution in [0.4, 0.5) is 0 Å². The van der Waals surface area contributed by atoms with Crippen LogP contribution < -0.4 is 0 Å². The highest BCUT2D eigenvalue weighted by molar-refractivity contribution is 6.18. The number of H-pyrrole nitrogens is 2. The number of allylic oxidation sites excluding steroid dienone is 3. The number of carboxylic acid groups (broad SMARTS) is 1. The SMILES string of the molecule is CCCC1=C(C=O)c2cc3nc(c(C)c4[nH]c(c5c6[nH]c(cc1n2)c(CC)c6C(O)=C5)[C@@H](CCC(=O)O)[C@@H]4C)C(C)=C3C(C)O. The van der Waals surface area contributed by atoms with Gasteiger partial charge in [-0.1, -0.05) is 27.2 Å². The number of nitrogens with zero attached hydrogens (tertiary/aromatic N) is 2. The molecule has 9 nitrogen and oxygen atoms in total. The molecular formula is C36H40N4O5. The third-order valence-corrected chi connectivity index (χ3v) is 9.72. The number of carbonyl (C=O) groups is 2. The number of aromatic amines is 2. The van der Waals surface area contributed by atoms with Crippen molar-refractivity contribution in [3.05, 3.63) is 68.6 Å². The summed E-state index contributed by atoms with van der Waals surface area (Å²) in [5.74, 6) is -0.905. The van der Waals surface area contributed by atoms with Gasteiger partial charge in [0, 0.05) is 57.4 Å². The van der Waals surface area contributed by atoms with Crippen molar-refractivity contribution in [1.82, 2.24) is 19.9 Å². The van der Waals surface area contributed by atoms with Gasteiger partial charge >= 0.3 is 5.97 Å². The van der Waals surface area contributed by atoms with E-state index in [2.05, 4.69) is 23.8 Å². The fourth-order valence-electron chi connectivity index (χ4n) is 7.61. The third-order valence-electron chi connectivity index (χ3n) is 9.72. The minimum atomic E-state index is -0.858. The fourth-order valence-corrected chi connectivity index (χ4v) is 7.61. The van der Waals surface area contributed by atoms with Crippen molar-refractivity contribution in [2.24, 2.45) is 0 Å². The minimum Gasteiger partial charge on any atom is -0.507 e. The van der Waals surface area contributed by atoms with E-state index in [9.17, 15) is 24.9 Å². The Bertz CT molecular complexity index is 1940. The molecule has 5 heterocycles. The van der Waals surface area contributed by atoms with Gasteiger partial charge in [-0.05, 0) is 80.5 Å². The lowest BCUT2D eigenvalue weighted by molar-refractivity contribution is -0.137. The molecule has 0 amide bonds. The summed E-state index contributed by atoms with van der Waals surface area (Å²) in [5.41, 5.74) is 12.1. The number of aliphatic hydroxyl groups excluding tert-OH is 2. The normalized spacial score (nSPS) is 18.8. The number of aryl methyl sites for hydroxylation is 1. The van der Waals surface area contributed by atoms with E-state index >= 15 is 0 Å². The Morgan fingerprint density at radius 3 is 2.49 bits per heavy atom. The van der Waals surface area contributed by atoms with Crippen LogP contribution in [0.3, 0.4) is 0 Å². The van der Waals surface area contributed by atoms with Gasteiger partial charge in [0.1, 0.15) is 5.76 Å². The fraction of sp³-hybridized carbons (Fsp3) is 0.389. The van der Waals surface area contributed by atoms with Crippen molar-refractivity contribution >= 4 is 57.4 Å². The first-order chi connectivity index (χ1) is 21.5. The molecule has 4 aliphatic rings. The first-order valence-corrected chi connectivity index (χ1v) is 15.8. The largest absolute Gasteiger partial charge is 0.507 e. The maximum atomic E-state index is 12.6. The molecular weight excluding hydrogens is 568 g/mol. The van der Waals surface area contributed by atoms with E-state index in [4.69, 9.17) is 9.97 Å². The van der Waals surface area contributed by atoms with Crippen LogP contribution >= 0.6 is 0 Å². The molecule has 0 radical (unpaired) electrons. The number of fused-ring (bicyclic) bond motifs is 8. The average Bonchev–Trinajstić information content (AvgIpc) is 3.76. The molecule has 0 spiro atoms. The number of aliphatic carboxylic acids is 1. The Morgan fingerprint density at radius 2 is 1.84 bits per heavy atom. The van der Waals surface area contributed by atoms with Gasteiger partial charge < -0.3 is 25.3 Å². The average molecular weight is 609 g/mol. The molecule has 5 N–H and O–H groups in total. The maximum absolute atomic E-state index is 12.6. The van der Waals surface area contributed by atoms with Crippen LogP contribution in [0.25, 0.3) is 45.2 Å². The molecule has 234 valence electrons. The molecule has 0 saturated heterocycles. The molecule has 9 heteroatoms. The number of aldehydes is 1. The van der Waals surface area contributed by atoms with Crippen molar-refractivity contribution < 1.29 is 24.9 Å². The van der Waals surface area contributed by atoms with Crippen molar-refractivity contribution in [1.29, 1.82) is 0 Å². The zero-order chi connectivity index (χ0) is 32.3. The molecule has 8 bridgehead atoms. The van der Waals surface area contributed by atoms with Crippen molar-refractivity contribution in [2.45, 2.75) is 91.6 Å². The molecule has 2 aromatic rings. The Morgan fingerprint density at radius 1 is 1.09 bits per heavy atom. The zero-order valence-electron chi connectivity index (χ0n) is 26.6. The van der Waals surface area contributed by atoms with E-state index in [1.165, 1.54) is 0 Å². The number of carboxylic acids is 1. The van der Waals surface area contributed by atoms with E-state index < -0.39 is 12.1 Å². The summed E-state index contributed by atoms with van der Waals surface area (Å²) < 4.78 is 0. The van der Waals surface area contributed by atoms with Gasteiger partial charge in [-0.2, -0.15) is 0 Å². The van der Waals surface area contributed by atoms with Gasteiger partial charge in [0.05, 0.1) is 34.4 Å². The third kappa shape index (κ3) is 4.81. The Hall–Kier alpha value is -4.50. The lowest BCUT2D eigenvalue weighted by Gasteiger charge is -2.17. The Labute approximate surface area is 262 Å². The number of aromatic nitrogens is 4. The molecule has 3 atom stereocenters. The minimum absolute atomic E-state index is 0.00922. The highest BCUT2D eigenvalue weighted by atomic mass is 16.4. The molecule has 2 aromatic heterocycles. The maximum Gasteiger partial charge on any atom is 0.303 e. The summed E-state index contributed by atoms with van der Waals surface area (Å²) in [5, 5.41) is 31.8. The van der Waals surface area contributed by atoms with E-state index in [-0.39, 0.29) is 24.0 Å². The Kier molecular flexibility index (Phi) is 7.77. The van der Waals surface area contributed by atoms with Crippen LogP contribution in [-0.2, 0) is 16.0 Å². The van der Waals surface area contributed by atoms with Gasteiger partial charge in [-0.25, -0.2) is 9.97 Å². The van der Waals surface area contributed by atoms with E-state index in [1.54, 1.807) is 19.1 Å². The molecule has 1 unspecified atom stereocenters. The molecule has 0 fully saturated rings. The topological polar surface area (TPSA) is 152 Å². The standard InChI is InChI=1S/C36H40N4O5/c1-7-9-22-24(15-41)27-14-28-31(19(6)42)17(4)34(39-28)18(5)33-16(3)21(10-11-30(44)45)35(40-33)23-12-29(43)32-20(8-2)25(38-36(23)32)13-26(22)37-27/h12-16,19,21,38,40,42-43H,7-11H2,1-6H3,(H,44,45)/t16-,19?,21-/m0/s1. The van der Waals surface area contributed by atoms with Crippen LogP contribution in [0.15, 0.2) is 12.1 Å². The number of hydrogen-bond donors (Lipinski definition) is 5. The molecule has 45 heavy (non-hydrogen) atoms. The predicted molar refractivity (Wildman–Crippen MR) is 177 cm³/mol. The van der Waals surface area contributed by atoms with Crippen molar-refractivity contribution in [3.8, 4) is 0 Å². The van der Waals surface area contributed by atoms with Crippen molar-refractivity contribution in [2.75, 3.05) is 0 Å². The van der Waals surface area contributed by atoms with Crippen LogP contribution in [0.1, 0.15) is 129 Å². The zero-order valence-corrected chi connectivity index (χ0v) is 26.6. The van der Waals surface area contributed by atoms with Crippen LogP contribution in [0.2, 0.25) is 0 Å². The van der Waals surface area contributed by atoms with E-state index in [0.29, 0.717) is 47.5 Å². The monoisotopic (exact) mass is 608 g/mol. The molecule has 0 saturated carbocycles. The predicted octanol–water partition coefficient (Wildman–Crippen LogP) is 7.25. The van der Waals surface area contributed by atoms with Gasteiger partial charge in [0.25, 0.3) is 0 Å². The highest BCUT2D eigenvalue weighted by Crippen LogP contribution is 2.47. The summed E-state index contributed by atoms with van der Waals surface area (Å²) in [6.07, 6.45) is 4.37. The second kappa shape index (κ2) is 11.5. The highest BCUT2D eigenvalue weighted by Gasteiger charge is 2.35. The van der Waals surface area contributed by atoms with Crippen LogP contribution in [-0.4, -0.2) is 53.6 Å². The second-order valence-corrected chi connectivity index (χ2v) is 12.5. The summed E-state index contributed by atoms with van der Waals surface area (Å²) in [4.78, 5) is 41.5. The lowest BCUT2D eigenvalue weighted by atomic mass is 9.84. The number of nitrogens with one attached hydrogen (secondary N) is 2. The lowest BCUT2D eigenvalue weighted by Crippen LogP contribution is -2.07. The molecule has 1 aliphatic carbocycles. The number of hydrogen-bond acceptors (Lipinski definition) is 6.